The summed E-state index contributed by atoms with van der Waals surface area (Å²) in [6.45, 7) is 10.6. The van der Waals surface area contributed by atoms with E-state index in [0.29, 0.717) is 0 Å². The van der Waals surface area contributed by atoms with Gasteiger partial charge in [-0.25, -0.2) is 0 Å². The lowest BCUT2D eigenvalue weighted by atomic mass is 10.4. The molecule has 1 fully saturated rings. The summed E-state index contributed by atoms with van der Waals surface area (Å²) >= 11 is 0. The van der Waals surface area contributed by atoms with Gasteiger partial charge in [-0.3, -0.25) is 0 Å². The van der Waals surface area contributed by atoms with Crippen LogP contribution >= 0.6 is 14.0 Å². The molecule has 0 N–H and O–H groups in total. The van der Waals surface area contributed by atoms with Gasteiger partial charge in [0.15, 0.2) is 0 Å². The highest BCUT2D eigenvalue weighted by Gasteiger charge is 2.64. The Morgan fingerprint density at radius 1 is 0.550 bits per heavy atom. The monoisotopic (exact) mass is 332 g/mol. The Labute approximate surface area is 126 Å². The summed E-state index contributed by atoms with van der Waals surface area (Å²) in [6, 6.07) is 22.8. The normalized spacial score (nSPS) is 26.8. The highest BCUT2D eigenvalue weighted by Crippen LogP contribution is 2.85. The SMILES string of the molecule is C[Si]1(C)P(c2ccccc2)[Si](C)(C)P1c1ccccc1. The molecule has 3 rings (SSSR count). The first-order valence-corrected chi connectivity index (χ1v) is 19.2. The van der Waals surface area contributed by atoms with Crippen molar-refractivity contribution in [1.29, 1.82) is 0 Å². The van der Waals surface area contributed by atoms with Crippen LogP contribution in [-0.4, -0.2) is 14.8 Å². The van der Waals surface area contributed by atoms with Gasteiger partial charge in [0.05, 0.1) is 0 Å². The maximum Gasteiger partial charge on any atom is 0.104 e. The predicted molar refractivity (Wildman–Crippen MR) is 101 cm³/mol. The third kappa shape index (κ3) is 2.18. The zero-order valence-electron chi connectivity index (χ0n) is 12.7. The summed E-state index contributed by atoms with van der Waals surface area (Å²) in [5, 5.41) is 3.37. The summed E-state index contributed by atoms with van der Waals surface area (Å²) in [5.41, 5.74) is 0. The van der Waals surface area contributed by atoms with Crippen molar-refractivity contribution in [2.24, 2.45) is 0 Å². The Bertz CT molecular complexity index is 529. The second-order valence-corrected chi connectivity index (χ2v) is 38.3. The lowest BCUT2D eigenvalue weighted by Gasteiger charge is -2.63. The van der Waals surface area contributed by atoms with Crippen LogP contribution in [0.4, 0.5) is 0 Å². The number of benzene rings is 2. The zero-order chi connectivity index (χ0) is 14.4. The van der Waals surface area contributed by atoms with Gasteiger partial charge < -0.3 is 0 Å². The average Bonchev–Trinajstić information content (AvgIpc) is 2.39. The molecule has 0 saturated carbocycles. The summed E-state index contributed by atoms with van der Waals surface area (Å²) < 4.78 is 0. The smallest absolute Gasteiger partial charge is 0.0896 e. The van der Waals surface area contributed by atoms with Gasteiger partial charge in [-0.15, -0.1) is 0 Å². The van der Waals surface area contributed by atoms with E-state index in [2.05, 4.69) is 86.9 Å². The number of hydrogen-bond acceptors (Lipinski definition) is 0. The highest BCUT2D eigenvalue weighted by atomic mass is 32.1. The molecule has 0 aromatic heterocycles. The fraction of sp³-hybridized carbons (Fsp3) is 0.250. The first kappa shape index (κ1) is 14.7. The van der Waals surface area contributed by atoms with Gasteiger partial charge in [0.25, 0.3) is 0 Å². The van der Waals surface area contributed by atoms with Crippen molar-refractivity contribution in [3.63, 3.8) is 0 Å². The Balaban J connectivity index is 2.02. The molecule has 2 aromatic carbocycles. The van der Waals surface area contributed by atoms with Crippen molar-refractivity contribution < 1.29 is 0 Å². The van der Waals surface area contributed by atoms with Crippen molar-refractivity contribution >= 4 is 39.5 Å². The first-order valence-electron chi connectivity index (χ1n) is 7.16. The van der Waals surface area contributed by atoms with Gasteiger partial charge in [0.2, 0.25) is 0 Å². The lowest BCUT2D eigenvalue weighted by molar-refractivity contribution is 1.77. The van der Waals surface area contributed by atoms with Crippen LogP contribution in [0.5, 0.6) is 0 Å². The molecule has 20 heavy (non-hydrogen) atoms. The Morgan fingerprint density at radius 3 is 1.15 bits per heavy atom. The van der Waals surface area contributed by atoms with E-state index in [0.717, 1.165) is 0 Å². The molecular weight excluding hydrogens is 310 g/mol. The molecule has 1 saturated heterocycles. The number of hydrogen-bond donors (Lipinski definition) is 0. The van der Waals surface area contributed by atoms with Crippen molar-refractivity contribution in [3.05, 3.63) is 60.7 Å². The van der Waals surface area contributed by atoms with Crippen LogP contribution in [0.1, 0.15) is 0 Å². The maximum absolute atomic E-state index is 2.66. The molecule has 0 spiro atoms. The second kappa shape index (κ2) is 5.18. The fourth-order valence-corrected chi connectivity index (χ4v) is 89.5. The van der Waals surface area contributed by atoms with Gasteiger partial charge in [0.1, 0.15) is 14.8 Å². The summed E-state index contributed by atoms with van der Waals surface area (Å²) in [5.74, 6) is 0. The van der Waals surface area contributed by atoms with E-state index >= 15 is 0 Å². The molecule has 0 radical (unpaired) electrons. The third-order valence-corrected chi connectivity index (χ3v) is 60.6. The molecule has 0 amide bonds. The van der Waals surface area contributed by atoms with Crippen molar-refractivity contribution in [2.45, 2.75) is 26.2 Å². The minimum absolute atomic E-state index is 0.164. The molecule has 4 heteroatoms. The Kier molecular flexibility index (Phi) is 3.80. The van der Waals surface area contributed by atoms with E-state index in [4.69, 9.17) is 0 Å². The summed E-state index contributed by atoms with van der Waals surface area (Å²) in [6.07, 6.45) is 0. The van der Waals surface area contributed by atoms with E-state index in [1.807, 2.05) is 0 Å². The average molecular weight is 332 g/mol. The van der Waals surface area contributed by atoms with Crippen molar-refractivity contribution in [1.82, 2.24) is 0 Å². The molecular formula is C16H22P2Si2. The standard InChI is InChI=1S/C16H22P2Si2/c1-19(2)17(15-11-7-5-8-12-15)20(3,4)18(19)16-13-9-6-10-14-16/h5-14H,1-4H3. The molecule has 0 nitrogen and oxygen atoms in total. The minimum atomic E-state index is -1.14. The van der Waals surface area contributed by atoms with Gasteiger partial charge in [0, 0.05) is 0 Å². The maximum atomic E-state index is 2.66. The van der Waals surface area contributed by atoms with Gasteiger partial charge in [-0.2, -0.15) is 0 Å². The zero-order valence-corrected chi connectivity index (χ0v) is 16.5. The van der Waals surface area contributed by atoms with Crippen LogP contribution in [0.25, 0.3) is 0 Å². The molecule has 1 heterocycles. The van der Waals surface area contributed by atoms with Gasteiger partial charge in [-0.1, -0.05) is 101 Å². The van der Waals surface area contributed by atoms with Crippen LogP contribution in [-0.2, 0) is 0 Å². The van der Waals surface area contributed by atoms with E-state index < -0.39 is 14.8 Å². The van der Waals surface area contributed by atoms with E-state index in [-0.39, 0.29) is 14.0 Å². The van der Waals surface area contributed by atoms with Crippen molar-refractivity contribution in [2.75, 3.05) is 0 Å². The minimum Gasteiger partial charge on any atom is -0.0896 e. The van der Waals surface area contributed by atoms with Crippen LogP contribution in [0, 0.1) is 0 Å². The molecule has 0 unspecified atom stereocenters. The lowest BCUT2D eigenvalue weighted by Crippen LogP contribution is -2.56. The molecule has 0 aliphatic carbocycles. The van der Waals surface area contributed by atoms with Crippen LogP contribution < -0.4 is 10.6 Å². The largest absolute Gasteiger partial charge is 0.104 e. The molecule has 2 aromatic rings. The Morgan fingerprint density at radius 2 is 0.850 bits per heavy atom. The molecule has 104 valence electrons. The van der Waals surface area contributed by atoms with Crippen molar-refractivity contribution in [3.8, 4) is 0 Å². The van der Waals surface area contributed by atoms with Gasteiger partial charge in [-0.05, 0) is 10.6 Å². The van der Waals surface area contributed by atoms with E-state index in [1.54, 1.807) is 10.6 Å². The summed E-state index contributed by atoms with van der Waals surface area (Å²) in [7, 11) is -1.94. The quantitative estimate of drug-likeness (QED) is 0.535. The third-order valence-electron chi connectivity index (χ3n) is 4.22. The van der Waals surface area contributed by atoms with Crippen LogP contribution in [0.3, 0.4) is 0 Å². The summed E-state index contributed by atoms with van der Waals surface area (Å²) in [4.78, 5) is 0. The molecule has 1 aliphatic rings. The van der Waals surface area contributed by atoms with E-state index in [1.165, 1.54) is 0 Å². The predicted octanol–water partition coefficient (Wildman–Crippen LogP) is 5.02. The fourth-order valence-electron chi connectivity index (χ4n) is 3.91. The molecule has 0 atom stereocenters. The second-order valence-electron chi connectivity index (χ2n) is 6.33. The highest BCUT2D eigenvalue weighted by molar-refractivity contribution is 8.69. The topological polar surface area (TPSA) is 0 Å². The first-order chi connectivity index (χ1) is 9.45. The van der Waals surface area contributed by atoms with Crippen LogP contribution in [0.15, 0.2) is 60.7 Å². The number of rotatable bonds is 2. The molecule has 0 bridgehead atoms. The van der Waals surface area contributed by atoms with Gasteiger partial charge >= 0.3 is 0 Å². The van der Waals surface area contributed by atoms with Crippen LogP contribution in [0.2, 0.25) is 26.2 Å². The van der Waals surface area contributed by atoms with E-state index in [9.17, 15) is 0 Å². The molecule has 1 aliphatic heterocycles. The Hall–Kier alpha value is -0.266.